The molecule has 1 atom stereocenters. The Bertz CT molecular complexity index is 1010. The Balaban J connectivity index is 3.39. The molecule has 5 nitrogen and oxygen atoms in total. The van der Waals surface area contributed by atoms with E-state index in [9.17, 15) is 14.7 Å². The molecule has 0 aromatic rings. The van der Waals surface area contributed by atoms with Crippen molar-refractivity contribution < 1.29 is 24.2 Å². The van der Waals surface area contributed by atoms with Gasteiger partial charge in [-0.15, -0.1) is 0 Å². The highest BCUT2D eigenvalue weighted by Gasteiger charge is 2.16. The van der Waals surface area contributed by atoms with Gasteiger partial charge in [0.15, 0.2) is 6.10 Å². The van der Waals surface area contributed by atoms with Crippen LogP contribution in [0.25, 0.3) is 0 Å². The lowest BCUT2D eigenvalue weighted by Crippen LogP contribution is -2.28. The van der Waals surface area contributed by atoms with Gasteiger partial charge in [0.1, 0.15) is 6.61 Å². The largest absolute Gasteiger partial charge is 0.462 e. The quantitative estimate of drug-likeness (QED) is 0.0374. The van der Waals surface area contributed by atoms with Gasteiger partial charge in [-0.25, -0.2) is 0 Å². The van der Waals surface area contributed by atoms with Gasteiger partial charge in [-0.3, -0.25) is 9.59 Å². The first-order valence-electron chi connectivity index (χ1n) is 29.9. The van der Waals surface area contributed by atoms with Crippen LogP contribution in [0.1, 0.15) is 335 Å². The zero-order valence-corrected chi connectivity index (χ0v) is 44.7. The van der Waals surface area contributed by atoms with Crippen molar-refractivity contribution in [2.45, 2.75) is 341 Å². The number of aliphatic hydroxyl groups excluding tert-OH is 1. The fraction of sp³-hybridized carbons (Fsp3) is 0.902. The SMILES string of the molecule is CCCCCCC/C=C\C/C=C\CCCCCCCCCCCCCCCCCCCCCCCC(=O)OC(CO)COC(=O)CCCCCCCCCCCCCCCCCCCCC. The molecule has 1 unspecified atom stereocenters. The maximum atomic E-state index is 12.3. The van der Waals surface area contributed by atoms with Crippen molar-refractivity contribution in [3.05, 3.63) is 24.3 Å². The summed E-state index contributed by atoms with van der Waals surface area (Å²) in [6.45, 7) is 4.19. The van der Waals surface area contributed by atoms with Crippen molar-refractivity contribution >= 4 is 11.9 Å². The van der Waals surface area contributed by atoms with Crippen LogP contribution in [-0.4, -0.2) is 36.4 Å². The molecular formula is C61H116O5. The normalized spacial score (nSPS) is 12.2. The smallest absolute Gasteiger partial charge is 0.306 e. The van der Waals surface area contributed by atoms with Crippen LogP contribution in [0.3, 0.4) is 0 Å². The number of carbonyl (C=O) groups is 2. The van der Waals surface area contributed by atoms with Crippen molar-refractivity contribution in [1.29, 1.82) is 0 Å². The van der Waals surface area contributed by atoms with Crippen LogP contribution in [0.4, 0.5) is 0 Å². The van der Waals surface area contributed by atoms with E-state index in [1.807, 2.05) is 0 Å². The predicted octanol–water partition coefficient (Wildman–Crippen LogP) is 20.1. The Morgan fingerprint density at radius 3 is 0.894 bits per heavy atom. The number of rotatable bonds is 56. The van der Waals surface area contributed by atoms with E-state index in [0.29, 0.717) is 12.8 Å². The number of esters is 2. The number of aliphatic hydroxyl groups is 1. The summed E-state index contributed by atoms with van der Waals surface area (Å²) in [7, 11) is 0. The molecule has 390 valence electrons. The molecule has 0 rings (SSSR count). The highest BCUT2D eigenvalue weighted by atomic mass is 16.6. The maximum absolute atomic E-state index is 12.3. The molecule has 0 aliphatic heterocycles. The Hall–Kier alpha value is -1.62. The van der Waals surface area contributed by atoms with E-state index >= 15 is 0 Å². The molecule has 0 saturated carbocycles. The summed E-state index contributed by atoms with van der Waals surface area (Å²) in [5.74, 6) is -0.567. The summed E-state index contributed by atoms with van der Waals surface area (Å²) >= 11 is 0. The minimum atomic E-state index is -0.767. The lowest BCUT2D eigenvalue weighted by Gasteiger charge is -2.15. The highest BCUT2D eigenvalue weighted by molar-refractivity contribution is 5.70. The number of unbranched alkanes of at least 4 members (excludes halogenated alkanes) is 44. The number of ether oxygens (including phenoxy) is 2. The van der Waals surface area contributed by atoms with Gasteiger partial charge < -0.3 is 14.6 Å². The number of hydrogen-bond acceptors (Lipinski definition) is 5. The number of allylic oxidation sites excluding steroid dienone is 4. The van der Waals surface area contributed by atoms with Crippen molar-refractivity contribution in [2.24, 2.45) is 0 Å². The van der Waals surface area contributed by atoms with E-state index in [1.165, 1.54) is 270 Å². The Morgan fingerprint density at radius 1 is 0.348 bits per heavy atom. The Labute approximate surface area is 413 Å². The molecular weight excluding hydrogens is 813 g/mol. The van der Waals surface area contributed by atoms with Gasteiger partial charge in [0, 0.05) is 12.8 Å². The first kappa shape index (κ1) is 64.4. The summed E-state index contributed by atoms with van der Waals surface area (Å²) in [5, 5.41) is 9.66. The van der Waals surface area contributed by atoms with E-state index in [-0.39, 0.29) is 25.2 Å². The zero-order chi connectivity index (χ0) is 47.7. The molecule has 0 radical (unpaired) electrons. The van der Waals surface area contributed by atoms with Crippen LogP contribution < -0.4 is 0 Å². The van der Waals surface area contributed by atoms with Gasteiger partial charge in [-0.1, -0.05) is 301 Å². The zero-order valence-electron chi connectivity index (χ0n) is 44.7. The van der Waals surface area contributed by atoms with E-state index in [4.69, 9.17) is 9.47 Å². The maximum Gasteiger partial charge on any atom is 0.306 e. The molecule has 0 aliphatic rings. The average molecular weight is 930 g/mol. The third-order valence-electron chi connectivity index (χ3n) is 13.7. The van der Waals surface area contributed by atoms with Crippen LogP contribution >= 0.6 is 0 Å². The lowest BCUT2D eigenvalue weighted by molar-refractivity contribution is -0.161. The van der Waals surface area contributed by atoms with E-state index in [0.717, 1.165) is 38.5 Å². The van der Waals surface area contributed by atoms with Gasteiger partial charge >= 0.3 is 11.9 Å². The van der Waals surface area contributed by atoms with Gasteiger partial charge in [0.2, 0.25) is 0 Å². The third kappa shape index (κ3) is 55.0. The van der Waals surface area contributed by atoms with Crippen molar-refractivity contribution in [1.82, 2.24) is 0 Å². The van der Waals surface area contributed by atoms with Crippen LogP contribution in [0.5, 0.6) is 0 Å². The second kappa shape index (κ2) is 57.7. The molecule has 0 aromatic carbocycles. The van der Waals surface area contributed by atoms with Crippen LogP contribution in [0.15, 0.2) is 24.3 Å². The monoisotopic (exact) mass is 929 g/mol. The molecule has 0 amide bonds. The van der Waals surface area contributed by atoms with Gasteiger partial charge in [-0.2, -0.15) is 0 Å². The number of carbonyl (C=O) groups excluding carboxylic acids is 2. The fourth-order valence-electron chi connectivity index (χ4n) is 9.24. The predicted molar refractivity (Wildman–Crippen MR) is 288 cm³/mol. The van der Waals surface area contributed by atoms with E-state index in [2.05, 4.69) is 38.2 Å². The molecule has 5 heteroatoms. The molecule has 0 aromatic heterocycles. The summed E-state index contributed by atoms with van der Waals surface area (Å²) in [5.41, 5.74) is 0. The molecule has 0 saturated heterocycles. The standard InChI is InChI=1S/C61H116O5/c1-3-5-7-9-11-13-15-17-19-21-23-24-25-26-27-28-29-30-31-32-33-34-35-36-38-40-42-44-46-48-50-52-54-56-61(64)66-59(57-62)58-65-60(63)55-53-51-49-47-45-43-41-39-37-22-20-18-16-14-12-10-8-6-4-2/h15,17,21,23,59,62H,3-14,16,18-20,22,24-58H2,1-2H3/b17-15-,23-21-. The van der Waals surface area contributed by atoms with Crippen molar-refractivity contribution in [2.75, 3.05) is 13.2 Å². The molecule has 66 heavy (non-hydrogen) atoms. The molecule has 0 spiro atoms. The Morgan fingerprint density at radius 2 is 0.606 bits per heavy atom. The Kier molecular flexibility index (Phi) is 56.3. The van der Waals surface area contributed by atoms with Crippen LogP contribution in [0.2, 0.25) is 0 Å². The van der Waals surface area contributed by atoms with Gasteiger partial charge in [0.05, 0.1) is 6.61 Å². The summed E-state index contributed by atoms with van der Waals surface area (Å²) in [6, 6.07) is 0. The fourth-order valence-corrected chi connectivity index (χ4v) is 9.24. The minimum Gasteiger partial charge on any atom is -0.462 e. The summed E-state index contributed by atoms with van der Waals surface area (Å²) in [4.78, 5) is 24.5. The first-order chi connectivity index (χ1) is 32.6. The van der Waals surface area contributed by atoms with Gasteiger partial charge in [-0.05, 0) is 44.9 Å². The van der Waals surface area contributed by atoms with Crippen LogP contribution in [-0.2, 0) is 19.1 Å². The molecule has 0 aliphatic carbocycles. The molecule has 0 heterocycles. The summed E-state index contributed by atoms with van der Waals surface area (Å²) in [6.07, 6.45) is 73.1. The van der Waals surface area contributed by atoms with E-state index in [1.54, 1.807) is 0 Å². The topological polar surface area (TPSA) is 72.8 Å². The summed E-state index contributed by atoms with van der Waals surface area (Å²) < 4.78 is 10.7. The first-order valence-corrected chi connectivity index (χ1v) is 29.9. The number of hydrogen-bond donors (Lipinski definition) is 1. The molecule has 1 N–H and O–H groups in total. The van der Waals surface area contributed by atoms with Crippen molar-refractivity contribution in [3.8, 4) is 0 Å². The van der Waals surface area contributed by atoms with Gasteiger partial charge in [0.25, 0.3) is 0 Å². The van der Waals surface area contributed by atoms with E-state index < -0.39 is 6.10 Å². The molecule has 0 fully saturated rings. The van der Waals surface area contributed by atoms with Crippen LogP contribution in [0, 0.1) is 0 Å². The van der Waals surface area contributed by atoms with Crippen molar-refractivity contribution in [3.63, 3.8) is 0 Å². The lowest BCUT2D eigenvalue weighted by atomic mass is 10.0. The second-order valence-corrected chi connectivity index (χ2v) is 20.4. The second-order valence-electron chi connectivity index (χ2n) is 20.4. The molecule has 0 bridgehead atoms. The minimum absolute atomic E-state index is 0.0579. The highest BCUT2D eigenvalue weighted by Crippen LogP contribution is 2.18. The average Bonchev–Trinajstić information content (AvgIpc) is 3.32. The third-order valence-corrected chi connectivity index (χ3v) is 13.7.